The van der Waals surface area contributed by atoms with Crippen LogP contribution in [0.4, 0.5) is 0 Å². The number of aliphatic hydroxyl groups is 1. The van der Waals surface area contributed by atoms with Crippen LogP contribution in [0, 0.1) is 5.92 Å². The van der Waals surface area contributed by atoms with Gasteiger partial charge in [0, 0.05) is 12.0 Å². The van der Waals surface area contributed by atoms with Gasteiger partial charge in [0.05, 0.1) is 6.10 Å². The van der Waals surface area contributed by atoms with E-state index in [0.717, 1.165) is 62.1 Å². The van der Waals surface area contributed by atoms with E-state index in [2.05, 4.69) is 6.92 Å². The third-order valence-corrected chi connectivity index (χ3v) is 4.69. The number of unbranched alkanes of at least 4 members (excludes halogenated alkanes) is 2. The molecule has 2 N–H and O–H groups in total. The summed E-state index contributed by atoms with van der Waals surface area (Å²) in [5.41, 5.74) is 1.90. The van der Waals surface area contributed by atoms with Gasteiger partial charge in [0.1, 0.15) is 5.78 Å². The van der Waals surface area contributed by atoms with Gasteiger partial charge < -0.3 is 10.2 Å². The molecule has 0 fully saturated rings. The van der Waals surface area contributed by atoms with Crippen LogP contribution in [0.1, 0.15) is 69.9 Å². The standard InChI is InChI=1S/C22H32O4/c1-3-4-5-8-21(24)9-6-7-20(17(2)23)16-19-12-10-18(11-13-19)14-15-22(25)26/h10-15,20-21,24H,3-9,16H2,1-2H3,(H,25,26). The number of ketones is 1. The van der Waals surface area contributed by atoms with Crippen molar-refractivity contribution in [2.75, 3.05) is 0 Å². The highest BCUT2D eigenvalue weighted by molar-refractivity contribution is 5.85. The van der Waals surface area contributed by atoms with Crippen LogP contribution in [0.15, 0.2) is 30.3 Å². The number of carbonyl (C=O) groups is 2. The molecular formula is C22H32O4. The second-order valence-electron chi connectivity index (χ2n) is 7.01. The molecule has 2 unspecified atom stereocenters. The van der Waals surface area contributed by atoms with Gasteiger partial charge in [-0.1, -0.05) is 56.9 Å². The van der Waals surface area contributed by atoms with Crippen LogP contribution < -0.4 is 0 Å². The minimum absolute atomic E-state index is 0.0294. The Morgan fingerprint density at radius 2 is 1.69 bits per heavy atom. The monoisotopic (exact) mass is 360 g/mol. The molecule has 144 valence electrons. The van der Waals surface area contributed by atoms with Crippen LogP contribution in [0.5, 0.6) is 0 Å². The quantitative estimate of drug-likeness (QED) is 0.397. The third-order valence-electron chi connectivity index (χ3n) is 4.69. The number of aliphatic carboxylic acids is 1. The van der Waals surface area contributed by atoms with Crippen LogP contribution >= 0.6 is 0 Å². The molecule has 0 bridgehead atoms. The predicted octanol–water partition coefficient (Wildman–Crippen LogP) is 4.64. The molecule has 0 aliphatic heterocycles. The molecule has 0 amide bonds. The fourth-order valence-corrected chi connectivity index (χ4v) is 3.04. The van der Waals surface area contributed by atoms with E-state index in [1.807, 2.05) is 24.3 Å². The summed E-state index contributed by atoms with van der Waals surface area (Å²) in [6.07, 6.45) is 9.73. The van der Waals surface area contributed by atoms with E-state index < -0.39 is 5.97 Å². The molecule has 0 aliphatic rings. The van der Waals surface area contributed by atoms with E-state index in [9.17, 15) is 14.7 Å². The first-order valence-corrected chi connectivity index (χ1v) is 9.60. The second-order valence-corrected chi connectivity index (χ2v) is 7.01. The average Bonchev–Trinajstić information content (AvgIpc) is 2.60. The number of Topliss-reactive ketones (excluding diaryl/α,β-unsaturated/α-hetero) is 1. The largest absolute Gasteiger partial charge is 0.478 e. The zero-order valence-corrected chi connectivity index (χ0v) is 16.0. The van der Waals surface area contributed by atoms with E-state index in [1.165, 1.54) is 0 Å². The summed E-state index contributed by atoms with van der Waals surface area (Å²) in [4.78, 5) is 22.5. The normalized spacial score (nSPS) is 13.7. The summed E-state index contributed by atoms with van der Waals surface area (Å²) in [6.45, 7) is 3.78. The van der Waals surface area contributed by atoms with Gasteiger partial charge in [-0.15, -0.1) is 0 Å². The van der Waals surface area contributed by atoms with Crippen molar-refractivity contribution in [1.82, 2.24) is 0 Å². The maximum Gasteiger partial charge on any atom is 0.328 e. The van der Waals surface area contributed by atoms with Gasteiger partial charge in [-0.3, -0.25) is 4.79 Å². The Balaban J connectivity index is 2.47. The van der Waals surface area contributed by atoms with Crippen molar-refractivity contribution in [3.8, 4) is 0 Å². The first-order chi connectivity index (χ1) is 12.4. The Hall–Kier alpha value is -1.94. The number of hydrogen-bond donors (Lipinski definition) is 2. The number of benzene rings is 1. The van der Waals surface area contributed by atoms with Gasteiger partial charge in [0.2, 0.25) is 0 Å². The van der Waals surface area contributed by atoms with Crippen molar-refractivity contribution < 1.29 is 19.8 Å². The van der Waals surface area contributed by atoms with Crippen LogP contribution in [0.3, 0.4) is 0 Å². The molecule has 1 aromatic rings. The first-order valence-electron chi connectivity index (χ1n) is 9.60. The molecule has 2 atom stereocenters. The lowest BCUT2D eigenvalue weighted by Crippen LogP contribution is -2.15. The Bertz CT molecular complexity index is 574. The molecular weight excluding hydrogens is 328 g/mol. The summed E-state index contributed by atoms with van der Waals surface area (Å²) >= 11 is 0. The van der Waals surface area contributed by atoms with E-state index in [4.69, 9.17) is 5.11 Å². The van der Waals surface area contributed by atoms with Crippen molar-refractivity contribution in [3.63, 3.8) is 0 Å². The van der Waals surface area contributed by atoms with Crippen molar-refractivity contribution in [1.29, 1.82) is 0 Å². The van der Waals surface area contributed by atoms with Crippen molar-refractivity contribution in [2.45, 2.75) is 71.3 Å². The molecule has 1 rings (SSSR count). The molecule has 0 aliphatic carbocycles. The van der Waals surface area contributed by atoms with Gasteiger partial charge in [0.25, 0.3) is 0 Å². The summed E-state index contributed by atoms with van der Waals surface area (Å²) in [5.74, 6) is -0.818. The molecule has 4 heteroatoms. The lowest BCUT2D eigenvalue weighted by molar-refractivity contribution is -0.131. The molecule has 1 aromatic carbocycles. The van der Waals surface area contributed by atoms with E-state index in [-0.39, 0.29) is 17.8 Å². The number of hydrogen-bond acceptors (Lipinski definition) is 3. The highest BCUT2D eigenvalue weighted by Crippen LogP contribution is 2.19. The van der Waals surface area contributed by atoms with Crippen molar-refractivity contribution in [3.05, 3.63) is 41.5 Å². The number of carboxylic acid groups (broad SMARTS) is 1. The van der Waals surface area contributed by atoms with Crippen molar-refractivity contribution >= 4 is 17.8 Å². The maximum atomic E-state index is 11.9. The van der Waals surface area contributed by atoms with Gasteiger partial charge in [-0.25, -0.2) is 4.79 Å². The van der Waals surface area contributed by atoms with E-state index in [1.54, 1.807) is 13.0 Å². The molecule has 4 nitrogen and oxygen atoms in total. The van der Waals surface area contributed by atoms with Gasteiger partial charge in [-0.2, -0.15) is 0 Å². The molecule has 0 heterocycles. The Morgan fingerprint density at radius 1 is 1.04 bits per heavy atom. The summed E-state index contributed by atoms with van der Waals surface area (Å²) < 4.78 is 0. The Morgan fingerprint density at radius 3 is 2.27 bits per heavy atom. The predicted molar refractivity (Wildman–Crippen MR) is 105 cm³/mol. The minimum Gasteiger partial charge on any atom is -0.478 e. The number of aliphatic hydroxyl groups excluding tert-OH is 1. The molecule has 26 heavy (non-hydrogen) atoms. The lowest BCUT2D eigenvalue weighted by atomic mass is 9.90. The average molecular weight is 360 g/mol. The highest BCUT2D eigenvalue weighted by atomic mass is 16.4. The topological polar surface area (TPSA) is 74.6 Å². The van der Waals surface area contributed by atoms with Gasteiger partial charge >= 0.3 is 5.97 Å². The van der Waals surface area contributed by atoms with Crippen LogP contribution in [-0.2, 0) is 16.0 Å². The number of carbonyl (C=O) groups excluding carboxylic acids is 1. The van der Waals surface area contributed by atoms with Crippen LogP contribution in [0.2, 0.25) is 0 Å². The fourth-order valence-electron chi connectivity index (χ4n) is 3.04. The zero-order chi connectivity index (χ0) is 19.4. The van der Waals surface area contributed by atoms with E-state index >= 15 is 0 Å². The molecule has 0 spiro atoms. The lowest BCUT2D eigenvalue weighted by Gasteiger charge is -2.16. The maximum absolute atomic E-state index is 11.9. The SMILES string of the molecule is CCCCCC(O)CCCC(Cc1ccc(C=CC(=O)O)cc1)C(C)=O. The summed E-state index contributed by atoms with van der Waals surface area (Å²) in [5, 5.41) is 18.7. The third kappa shape index (κ3) is 9.52. The Labute approximate surface area is 156 Å². The smallest absolute Gasteiger partial charge is 0.328 e. The molecule has 0 saturated carbocycles. The molecule has 0 saturated heterocycles. The summed E-state index contributed by atoms with van der Waals surface area (Å²) in [6, 6.07) is 7.61. The fraction of sp³-hybridized carbons (Fsp3) is 0.545. The van der Waals surface area contributed by atoms with Crippen LogP contribution in [-0.4, -0.2) is 28.1 Å². The number of rotatable bonds is 13. The van der Waals surface area contributed by atoms with Crippen LogP contribution in [0.25, 0.3) is 6.08 Å². The second kappa shape index (κ2) is 12.4. The molecule has 0 radical (unpaired) electrons. The van der Waals surface area contributed by atoms with Gasteiger partial charge in [-0.05, 0) is 49.8 Å². The Kier molecular flexibility index (Phi) is 10.6. The molecule has 0 aromatic heterocycles. The number of carboxylic acids is 1. The minimum atomic E-state index is -0.970. The van der Waals surface area contributed by atoms with E-state index in [0.29, 0.717) is 6.42 Å². The zero-order valence-electron chi connectivity index (χ0n) is 16.0. The summed E-state index contributed by atoms with van der Waals surface area (Å²) in [7, 11) is 0. The first kappa shape index (κ1) is 22.1. The van der Waals surface area contributed by atoms with Crippen molar-refractivity contribution in [2.24, 2.45) is 5.92 Å². The van der Waals surface area contributed by atoms with Gasteiger partial charge in [0.15, 0.2) is 0 Å². The highest BCUT2D eigenvalue weighted by Gasteiger charge is 2.15.